The quantitative estimate of drug-likeness (QED) is 0.623. The van der Waals surface area contributed by atoms with E-state index < -0.39 is 0 Å². The van der Waals surface area contributed by atoms with E-state index in [0.29, 0.717) is 0 Å². The third kappa shape index (κ3) is 2.49. The van der Waals surface area contributed by atoms with E-state index in [2.05, 4.69) is 23.8 Å². The number of rotatable bonds is 5. The molecule has 12 heavy (non-hydrogen) atoms. The van der Waals surface area contributed by atoms with Gasteiger partial charge in [-0.25, -0.2) is 4.68 Å². The van der Waals surface area contributed by atoms with Crippen molar-refractivity contribution in [2.24, 2.45) is 0 Å². The average molecular weight is 165 g/mol. The maximum absolute atomic E-state index is 4.04. The molecule has 0 bridgehead atoms. The van der Waals surface area contributed by atoms with E-state index in [0.717, 1.165) is 18.7 Å². The molecule has 0 radical (unpaired) electrons. The van der Waals surface area contributed by atoms with Crippen molar-refractivity contribution in [2.75, 3.05) is 0 Å². The molecule has 0 saturated carbocycles. The monoisotopic (exact) mass is 165 g/mol. The van der Waals surface area contributed by atoms with Gasteiger partial charge in [0.05, 0.1) is 12.2 Å². The molecule has 3 nitrogen and oxygen atoms in total. The Balaban J connectivity index is 2.46. The van der Waals surface area contributed by atoms with Crippen molar-refractivity contribution in [1.82, 2.24) is 15.0 Å². The van der Waals surface area contributed by atoms with E-state index in [4.69, 9.17) is 0 Å². The van der Waals surface area contributed by atoms with Crippen LogP contribution in [0.4, 0.5) is 0 Å². The van der Waals surface area contributed by atoms with Gasteiger partial charge >= 0.3 is 0 Å². The molecule has 0 aliphatic heterocycles. The molecule has 0 amide bonds. The second-order valence-corrected chi connectivity index (χ2v) is 2.82. The summed E-state index contributed by atoms with van der Waals surface area (Å²) in [4.78, 5) is 0. The summed E-state index contributed by atoms with van der Waals surface area (Å²) in [7, 11) is 0. The van der Waals surface area contributed by atoms with Gasteiger partial charge in [0.15, 0.2) is 0 Å². The maximum Gasteiger partial charge on any atom is 0.0827 e. The molecule has 0 N–H and O–H groups in total. The molecular formula is C9H15N3. The lowest BCUT2D eigenvalue weighted by atomic mass is 10.2. The SMILES string of the molecule is C=CCn1cc(CCCC)nn1. The number of unbranched alkanes of at least 4 members (excludes halogenated alkanes) is 1. The van der Waals surface area contributed by atoms with Crippen molar-refractivity contribution in [3.05, 3.63) is 24.5 Å². The van der Waals surface area contributed by atoms with Crippen LogP contribution in [-0.4, -0.2) is 15.0 Å². The molecule has 0 aromatic carbocycles. The first-order valence-corrected chi connectivity index (χ1v) is 4.36. The summed E-state index contributed by atoms with van der Waals surface area (Å²) in [5, 5.41) is 7.99. The molecule has 0 unspecified atom stereocenters. The van der Waals surface area contributed by atoms with Crippen molar-refractivity contribution >= 4 is 0 Å². The minimum Gasteiger partial charge on any atom is -0.248 e. The molecule has 0 fully saturated rings. The van der Waals surface area contributed by atoms with E-state index in [-0.39, 0.29) is 0 Å². The number of aromatic nitrogens is 3. The van der Waals surface area contributed by atoms with Gasteiger partial charge in [-0.1, -0.05) is 24.6 Å². The lowest BCUT2D eigenvalue weighted by Crippen LogP contribution is -1.94. The summed E-state index contributed by atoms with van der Waals surface area (Å²) >= 11 is 0. The number of hydrogen-bond donors (Lipinski definition) is 0. The van der Waals surface area contributed by atoms with E-state index >= 15 is 0 Å². The zero-order chi connectivity index (χ0) is 8.81. The third-order valence-corrected chi connectivity index (χ3v) is 1.69. The molecule has 1 rings (SSSR count). The van der Waals surface area contributed by atoms with E-state index in [1.807, 2.05) is 12.3 Å². The maximum atomic E-state index is 4.04. The fourth-order valence-electron chi connectivity index (χ4n) is 1.03. The molecule has 3 heteroatoms. The number of allylic oxidation sites excluding steroid dienone is 1. The Kier molecular flexibility index (Phi) is 3.51. The van der Waals surface area contributed by atoms with Crippen molar-refractivity contribution in [3.8, 4) is 0 Å². The Hall–Kier alpha value is -1.12. The third-order valence-electron chi connectivity index (χ3n) is 1.69. The minimum atomic E-state index is 0.749. The van der Waals surface area contributed by atoms with Gasteiger partial charge in [0.2, 0.25) is 0 Å². The average Bonchev–Trinajstić information content (AvgIpc) is 2.50. The van der Waals surface area contributed by atoms with Crippen LogP contribution in [0, 0.1) is 0 Å². The van der Waals surface area contributed by atoms with Crippen LogP contribution in [0.1, 0.15) is 25.5 Å². The molecule has 0 saturated heterocycles. The van der Waals surface area contributed by atoms with Crippen LogP contribution < -0.4 is 0 Å². The summed E-state index contributed by atoms with van der Waals surface area (Å²) in [5.74, 6) is 0. The topological polar surface area (TPSA) is 30.7 Å². The predicted octanol–water partition coefficient (Wildman–Crippen LogP) is 1.81. The van der Waals surface area contributed by atoms with Crippen LogP contribution in [0.2, 0.25) is 0 Å². The lowest BCUT2D eigenvalue weighted by Gasteiger charge is -1.91. The predicted molar refractivity (Wildman–Crippen MR) is 48.8 cm³/mol. The molecule has 1 aromatic rings. The molecule has 66 valence electrons. The Morgan fingerprint density at radius 3 is 3.17 bits per heavy atom. The summed E-state index contributed by atoms with van der Waals surface area (Å²) in [6, 6.07) is 0. The fourth-order valence-corrected chi connectivity index (χ4v) is 1.03. The molecule has 0 aliphatic carbocycles. The van der Waals surface area contributed by atoms with Crippen molar-refractivity contribution in [2.45, 2.75) is 32.7 Å². The highest BCUT2D eigenvalue weighted by atomic mass is 15.4. The van der Waals surface area contributed by atoms with Crippen LogP contribution in [0.15, 0.2) is 18.9 Å². The van der Waals surface area contributed by atoms with Crippen molar-refractivity contribution in [3.63, 3.8) is 0 Å². The fraction of sp³-hybridized carbons (Fsp3) is 0.556. The van der Waals surface area contributed by atoms with E-state index in [1.165, 1.54) is 12.8 Å². The minimum absolute atomic E-state index is 0.749. The molecular weight excluding hydrogens is 150 g/mol. The van der Waals surface area contributed by atoms with Crippen molar-refractivity contribution < 1.29 is 0 Å². The van der Waals surface area contributed by atoms with Crippen molar-refractivity contribution in [1.29, 1.82) is 0 Å². The normalized spacial score (nSPS) is 10.1. The second kappa shape index (κ2) is 4.70. The number of nitrogens with zero attached hydrogens (tertiary/aromatic N) is 3. The van der Waals surface area contributed by atoms with Crippen LogP contribution >= 0.6 is 0 Å². The molecule has 0 aliphatic rings. The van der Waals surface area contributed by atoms with Crippen LogP contribution in [-0.2, 0) is 13.0 Å². The Morgan fingerprint density at radius 1 is 1.67 bits per heavy atom. The summed E-state index contributed by atoms with van der Waals surface area (Å²) in [6.45, 7) is 6.56. The highest BCUT2D eigenvalue weighted by molar-refractivity contribution is 4.92. The molecule has 1 aromatic heterocycles. The number of hydrogen-bond acceptors (Lipinski definition) is 2. The zero-order valence-electron chi connectivity index (χ0n) is 7.53. The Morgan fingerprint density at radius 2 is 2.50 bits per heavy atom. The lowest BCUT2D eigenvalue weighted by molar-refractivity contribution is 0.661. The van der Waals surface area contributed by atoms with Gasteiger partial charge in [0, 0.05) is 6.20 Å². The standard InChI is InChI=1S/C9H15N3/c1-3-5-6-9-8-12(7-4-2)11-10-9/h4,8H,2-3,5-7H2,1H3. The van der Waals surface area contributed by atoms with Gasteiger partial charge in [-0.3, -0.25) is 0 Å². The van der Waals surface area contributed by atoms with Crippen LogP contribution in [0.5, 0.6) is 0 Å². The summed E-state index contributed by atoms with van der Waals surface area (Å²) < 4.78 is 1.80. The molecule has 1 heterocycles. The van der Waals surface area contributed by atoms with Gasteiger partial charge in [0.1, 0.15) is 0 Å². The first-order valence-electron chi connectivity index (χ1n) is 4.36. The molecule has 0 atom stereocenters. The largest absolute Gasteiger partial charge is 0.248 e. The highest BCUT2D eigenvalue weighted by Crippen LogP contribution is 1.99. The Labute approximate surface area is 73.1 Å². The number of aryl methyl sites for hydroxylation is 1. The zero-order valence-corrected chi connectivity index (χ0v) is 7.53. The van der Waals surface area contributed by atoms with Gasteiger partial charge in [0.25, 0.3) is 0 Å². The molecule has 0 spiro atoms. The van der Waals surface area contributed by atoms with E-state index in [1.54, 1.807) is 4.68 Å². The van der Waals surface area contributed by atoms with Crippen LogP contribution in [0.25, 0.3) is 0 Å². The highest BCUT2D eigenvalue weighted by Gasteiger charge is 1.97. The van der Waals surface area contributed by atoms with Gasteiger partial charge < -0.3 is 0 Å². The summed E-state index contributed by atoms with van der Waals surface area (Å²) in [6.07, 6.45) is 7.23. The first kappa shape index (κ1) is 8.97. The van der Waals surface area contributed by atoms with Crippen LogP contribution in [0.3, 0.4) is 0 Å². The Bertz CT molecular complexity index is 240. The summed E-state index contributed by atoms with van der Waals surface area (Å²) in [5.41, 5.74) is 1.08. The van der Waals surface area contributed by atoms with Gasteiger partial charge in [-0.2, -0.15) is 0 Å². The van der Waals surface area contributed by atoms with E-state index in [9.17, 15) is 0 Å². The first-order chi connectivity index (χ1) is 5.86. The second-order valence-electron chi connectivity index (χ2n) is 2.82. The van der Waals surface area contributed by atoms with Gasteiger partial charge in [-0.05, 0) is 12.8 Å². The van der Waals surface area contributed by atoms with Gasteiger partial charge in [-0.15, -0.1) is 11.7 Å². The smallest absolute Gasteiger partial charge is 0.0827 e.